The summed E-state index contributed by atoms with van der Waals surface area (Å²) in [7, 11) is 0. The molecule has 0 unspecified atom stereocenters. The molecular weight excluding hydrogens is 314 g/mol. The van der Waals surface area contributed by atoms with Gasteiger partial charge in [-0.25, -0.2) is 0 Å². The van der Waals surface area contributed by atoms with Crippen LogP contribution in [0.25, 0.3) is 0 Å². The molecule has 1 aromatic carbocycles. The molecule has 1 aliphatic heterocycles. The smallest absolute Gasteiger partial charge is 0.310 e. The lowest BCUT2D eigenvalue weighted by molar-refractivity contribution is -0.385. The average molecular weight is 330 g/mol. The van der Waals surface area contributed by atoms with E-state index in [4.69, 9.17) is 9.47 Å². The van der Waals surface area contributed by atoms with E-state index in [2.05, 4.69) is 15.9 Å². The third-order valence-corrected chi connectivity index (χ3v) is 3.84. The monoisotopic (exact) mass is 329 g/mol. The third kappa shape index (κ3) is 3.91. The molecule has 0 bridgehead atoms. The summed E-state index contributed by atoms with van der Waals surface area (Å²) in [6.45, 7) is 2.01. The van der Waals surface area contributed by atoms with Gasteiger partial charge in [0.25, 0.3) is 0 Å². The predicted octanol–water partition coefficient (Wildman–Crippen LogP) is 3.30. The second-order valence-electron chi connectivity index (χ2n) is 4.56. The number of hydrogen-bond acceptors (Lipinski definition) is 4. The Morgan fingerprint density at radius 3 is 2.79 bits per heavy atom. The maximum atomic E-state index is 11.0. The van der Waals surface area contributed by atoms with E-state index in [1.165, 1.54) is 6.07 Å². The summed E-state index contributed by atoms with van der Waals surface area (Å²) in [6.07, 6.45) is 1.90. The zero-order valence-electron chi connectivity index (χ0n) is 10.5. The summed E-state index contributed by atoms with van der Waals surface area (Å²) in [4.78, 5) is 10.6. The lowest BCUT2D eigenvalue weighted by atomic mass is 10.0. The highest BCUT2D eigenvalue weighted by atomic mass is 79.9. The summed E-state index contributed by atoms with van der Waals surface area (Å²) < 4.78 is 10.9. The predicted molar refractivity (Wildman–Crippen MR) is 74.8 cm³/mol. The molecule has 0 saturated carbocycles. The molecule has 6 heteroatoms. The van der Waals surface area contributed by atoms with Crippen molar-refractivity contribution in [2.24, 2.45) is 5.92 Å². The number of nitro benzene ring substituents is 1. The fourth-order valence-corrected chi connectivity index (χ4v) is 2.38. The Bertz CT molecular complexity index is 446. The highest BCUT2D eigenvalue weighted by Gasteiger charge is 2.19. The number of nitro groups is 1. The fourth-order valence-electron chi connectivity index (χ4n) is 2.03. The van der Waals surface area contributed by atoms with E-state index in [0.29, 0.717) is 23.6 Å². The van der Waals surface area contributed by atoms with Gasteiger partial charge in [-0.1, -0.05) is 22.0 Å². The van der Waals surface area contributed by atoms with E-state index < -0.39 is 4.92 Å². The van der Waals surface area contributed by atoms with E-state index in [0.717, 1.165) is 31.6 Å². The largest absolute Gasteiger partial charge is 0.487 e. The number of ether oxygens (including phenoxy) is 2. The molecule has 0 amide bonds. The Balaban J connectivity index is 2.06. The van der Waals surface area contributed by atoms with Crippen molar-refractivity contribution in [2.45, 2.75) is 18.2 Å². The van der Waals surface area contributed by atoms with Crippen molar-refractivity contribution < 1.29 is 14.4 Å². The molecule has 1 fully saturated rings. The Hall–Kier alpha value is -1.14. The van der Waals surface area contributed by atoms with Crippen LogP contribution in [0, 0.1) is 16.0 Å². The van der Waals surface area contributed by atoms with Gasteiger partial charge in [-0.05, 0) is 30.4 Å². The zero-order chi connectivity index (χ0) is 13.7. The molecule has 2 rings (SSSR count). The van der Waals surface area contributed by atoms with Gasteiger partial charge in [0.15, 0.2) is 5.75 Å². The molecule has 104 valence electrons. The van der Waals surface area contributed by atoms with Crippen LogP contribution >= 0.6 is 15.9 Å². The Kier molecular flexibility index (Phi) is 5.15. The SMILES string of the molecule is O=[N+]([O-])c1ccc(CBr)cc1OCC1CCOCC1. The summed E-state index contributed by atoms with van der Waals surface area (Å²) >= 11 is 3.34. The van der Waals surface area contributed by atoms with Gasteiger partial charge in [0, 0.05) is 24.6 Å². The van der Waals surface area contributed by atoms with Crippen molar-refractivity contribution in [1.82, 2.24) is 0 Å². The summed E-state index contributed by atoms with van der Waals surface area (Å²) in [5.74, 6) is 0.773. The molecule has 1 aliphatic rings. The number of hydrogen-bond donors (Lipinski definition) is 0. The number of alkyl halides is 1. The van der Waals surface area contributed by atoms with Crippen molar-refractivity contribution in [1.29, 1.82) is 0 Å². The highest BCUT2D eigenvalue weighted by Crippen LogP contribution is 2.30. The Labute approximate surface area is 120 Å². The minimum atomic E-state index is -0.405. The van der Waals surface area contributed by atoms with Crippen LogP contribution in [0.5, 0.6) is 5.75 Å². The average Bonchev–Trinajstić information content (AvgIpc) is 2.45. The van der Waals surface area contributed by atoms with Gasteiger partial charge in [0.1, 0.15) is 0 Å². The number of rotatable bonds is 5. The van der Waals surface area contributed by atoms with Crippen molar-refractivity contribution in [3.8, 4) is 5.75 Å². The molecule has 1 heterocycles. The standard InChI is InChI=1S/C13H16BrNO4/c14-8-11-1-2-12(15(16)17)13(7-11)19-9-10-3-5-18-6-4-10/h1-2,7,10H,3-6,8-9H2. The number of benzene rings is 1. The third-order valence-electron chi connectivity index (χ3n) is 3.19. The quantitative estimate of drug-likeness (QED) is 0.472. The fraction of sp³-hybridized carbons (Fsp3) is 0.538. The number of halogens is 1. The first kappa shape index (κ1) is 14.3. The van der Waals surface area contributed by atoms with E-state index in [9.17, 15) is 10.1 Å². The first-order valence-corrected chi connectivity index (χ1v) is 7.36. The molecular formula is C13H16BrNO4. The van der Waals surface area contributed by atoms with Gasteiger partial charge in [0.05, 0.1) is 11.5 Å². The zero-order valence-corrected chi connectivity index (χ0v) is 12.1. The molecule has 0 aliphatic carbocycles. The molecule has 0 aromatic heterocycles. The second-order valence-corrected chi connectivity index (χ2v) is 5.12. The van der Waals surface area contributed by atoms with E-state index in [1.807, 2.05) is 0 Å². The van der Waals surface area contributed by atoms with Gasteiger partial charge < -0.3 is 9.47 Å². The lowest BCUT2D eigenvalue weighted by Gasteiger charge is -2.22. The molecule has 0 spiro atoms. The van der Waals surface area contributed by atoms with Crippen LogP contribution in [0.15, 0.2) is 18.2 Å². The molecule has 0 N–H and O–H groups in total. The Morgan fingerprint density at radius 2 is 2.16 bits per heavy atom. The maximum Gasteiger partial charge on any atom is 0.310 e. The summed E-state index contributed by atoms with van der Waals surface area (Å²) in [5.41, 5.74) is 0.990. The first-order chi connectivity index (χ1) is 9.20. The molecule has 5 nitrogen and oxygen atoms in total. The van der Waals surface area contributed by atoms with Crippen molar-refractivity contribution >= 4 is 21.6 Å². The maximum absolute atomic E-state index is 11.0. The highest BCUT2D eigenvalue weighted by molar-refractivity contribution is 9.08. The molecule has 1 saturated heterocycles. The van der Waals surface area contributed by atoms with Gasteiger partial charge in [-0.3, -0.25) is 10.1 Å². The molecule has 0 radical (unpaired) electrons. The summed E-state index contributed by atoms with van der Waals surface area (Å²) in [5, 5.41) is 11.6. The van der Waals surface area contributed by atoms with Crippen molar-refractivity contribution in [3.05, 3.63) is 33.9 Å². The van der Waals surface area contributed by atoms with Gasteiger partial charge in [0.2, 0.25) is 0 Å². The van der Waals surface area contributed by atoms with Crippen LogP contribution in [0.1, 0.15) is 18.4 Å². The van der Waals surface area contributed by atoms with Crippen LogP contribution in [0.2, 0.25) is 0 Å². The Morgan fingerprint density at radius 1 is 1.42 bits per heavy atom. The van der Waals surface area contributed by atoms with Crippen LogP contribution < -0.4 is 4.74 Å². The normalized spacial score (nSPS) is 16.3. The minimum Gasteiger partial charge on any atom is -0.487 e. The van der Waals surface area contributed by atoms with Crippen LogP contribution in [0.4, 0.5) is 5.69 Å². The number of nitrogens with zero attached hydrogens (tertiary/aromatic N) is 1. The van der Waals surface area contributed by atoms with Crippen LogP contribution in [-0.2, 0) is 10.1 Å². The lowest BCUT2D eigenvalue weighted by Crippen LogP contribution is -2.21. The van der Waals surface area contributed by atoms with Gasteiger partial charge in [-0.2, -0.15) is 0 Å². The molecule has 1 aromatic rings. The first-order valence-electron chi connectivity index (χ1n) is 6.24. The van der Waals surface area contributed by atoms with Gasteiger partial charge >= 0.3 is 5.69 Å². The van der Waals surface area contributed by atoms with Crippen molar-refractivity contribution in [2.75, 3.05) is 19.8 Å². The van der Waals surface area contributed by atoms with Crippen LogP contribution in [0.3, 0.4) is 0 Å². The molecule has 0 atom stereocenters. The topological polar surface area (TPSA) is 61.6 Å². The molecule has 19 heavy (non-hydrogen) atoms. The van der Waals surface area contributed by atoms with Crippen molar-refractivity contribution in [3.63, 3.8) is 0 Å². The van der Waals surface area contributed by atoms with Crippen LogP contribution in [-0.4, -0.2) is 24.7 Å². The van der Waals surface area contributed by atoms with E-state index in [-0.39, 0.29) is 5.69 Å². The van der Waals surface area contributed by atoms with Gasteiger partial charge in [-0.15, -0.1) is 0 Å². The second kappa shape index (κ2) is 6.86. The van der Waals surface area contributed by atoms with E-state index in [1.54, 1.807) is 12.1 Å². The minimum absolute atomic E-state index is 0.0248. The van der Waals surface area contributed by atoms with E-state index >= 15 is 0 Å². The summed E-state index contributed by atoms with van der Waals surface area (Å²) in [6, 6.07) is 4.95.